The SMILES string of the molecule is CCCCCCCOc1ccc(C2(C)NC(=O)NC2=O)cc1.[Na+]. The van der Waals surface area contributed by atoms with Gasteiger partial charge in [-0.2, -0.15) is 0 Å². The molecule has 0 aliphatic carbocycles. The van der Waals surface area contributed by atoms with E-state index in [0.29, 0.717) is 6.61 Å². The summed E-state index contributed by atoms with van der Waals surface area (Å²) in [6.07, 6.45) is 6.02. The Morgan fingerprint density at radius 3 is 2.26 bits per heavy atom. The Hall–Kier alpha value is -1.04. The molecule has 5 nitrogen and oxygen atoms in total. The second-order valence-corrected chi connectivity index (χ2v) is 5.82. The molecule has 3 amide bonds. The van der Waals surface area contributed by atoms with Crippen molar-refractivity contribution in [2.24, 2.45) is 0 Å². The van der Waals surface area contributed by atoms with Gasteiger partial charge in [-0.3, -0.25) is 10.1 Å². The number of rotatable bonds is 8. The van der Waals surface area contributed by atoms with Gasteiger partial charge in [0.2, 0.25) is 0 Å². The number of hydrogen-bond donors (Lipinski definition) is 2. The number of ether oxygens (including phenoxy) is 1. The van der Waals surface area contributed by atoms with Crippen molar-refractivity contribution in [3.63, 3.8) is 0 Å². The minimum Gasteiger partial charge on any atom is -0.494 e. The Bertz CT molecular complexity index is 533. The Morgan fingerprint density at radius 1 is 1.04 bits per heavy atom. The van der Waals surface area contributed by atoms with Crippen LogP contribution in [0.5, 0.6) is 5.75 Å². The van der Waals surface area contributed by atoms with Gasteiger partial charge in [0, 0.05) is 0 Å². The molecular weight excluding hydrogens is 303 g/mol. The van der Waals surface area contributed by atoms with E-state index in [4.69, 9.17) is 4.74 Å². The molecule has 0 spiro atoms. The summed E-state index contributed by atoms with van der Waals surface area (Å²) >= 11 is 0. The molecule has 1 heterocycles. The van der Waals surface area contributed by atoms with Gasteiger partial charge >= 0.3 is 35.6 Å². The van der Waals surface area contributed by atoms with E-state index in [1.807, 2.05) is 24.3 Å². The first-order chi connectivity index (χ1) is 10.6. The molecule has 1 aliphatic heterocycles. The summed E-state index contributed by atoms with van der Waals surface area (Å²) in [5.74, 6) is 0.453. The molecular formula is C17H24N2NaO3+. The molecule has 6 heteroatoms. The fourth-order valence-corrected chi connectivity index (χ4v) is 2.53. The third kappa shape index (κ3) is 5.23. The zero-order chi connectivity index (χ0) is 16.0. The van der Waals surface area contributed by atoms with Crippen LogP contribution in [-0.4, -0.2) is 18.5 Å². The molecule has 2 rings (SSSR count). The van der Waals surface area contributed by atoms with E-state index in [2.05, 4.69) is 17.6 Å². The van der Waals surface area contributed by atoms with Crippen molar-refractivity contribution in [2.45, 2.75) is 51.5 Å². The van der Waals surface area contributed by atoms with Crippen LogP contribution in [0.4, 0.5) is 4.79 Å². The number of carbonyl (C=O) groups is 2. The van der Waals surface area contributed by atoms with E-state index in [9.17, 15) is 9.59 Å². The van der Waals surface area contributed by atoms with Crippen LogP contribution in [0.1, 0.15) is 51.5 Å². The molecule has 1 saturated heterocycles. The van der Waals surface area contributed by atoms with E-state index in [1.165, 1.54) is 25.7 Å². The van der Waals surface area contributed by atoms with Gasteiger partial charge in [-0.25, -0.2) is 4.79 Å². The van der Waals surface area contributed by atoms with Gasteiger partial charge < -0.3 is 10.1 Å². The maximum Gasteiger partial charge on any atom is 1.00 e. The van der Waals surface area contributed by atoms with Crippen molar-refractivity contribution in [1.29, 1.82) is 0 Å². The molecule has 120 valence electrons. The number of unbranched alkanes of at least 4 members (excludes halogenated alkanes) is 4. The van der Waals surface area contributed by atoms with Crippen LogP contribution < -0.4 is 44.9 Å². The van der Waals surface area contributed by atoms with Crippen molar-refractivity contribution in [3.05, 3.63) is 29.8 Å². The fourth-order valence-electron chi connectivity index (χ4n) is 2.53. The first-order valence-corrected chi connectivity index (χ1v) is 7.93. The predicted octanol–water partition coefficient (Wildman–Crippen LogP) is 0.0944. The molecule has 0 saturated carbocycles. The van der Waals surface area contributed by atoms with Gasteiger partial charge in [0.25, 0.3) is 5.91 Å². The summed E-state index contributed by atoms with van der Waals surface area (Å²) in [6.45, 7) is 4.60. The first-order valence-electron chi connectivity index (χ1n) is 7.93. The quantitative estimate of drug-likeness (QED) is 0.404. The van der Waals surface area contributed by atoms with Gasteiger partial charge in [-0.1, -0.05) is 44.7 Å². The van der Waals surface area contributed by atoms with E-state index >= 15 is 0 Å². The van der Waals surface area contributed by atoms with Crippen LogP contribution in [0, 0.1) is 0 Å². The standard InChI is InChI=1S/C17H24N2O3.Na/c1-3-4-5-6-7-12-22-14-10-8-13(9-11-14)17(2)15(20)18-16(21)19-17;/h8-11H,3-7,12H2,1-2H3,(H2,18,19,20,21);/q;+1. The normalized spacial score (nSPS) is 19.7. The average Bonchev–Trinajstić information content (AvgIpc) is 2.77. The molecule has 1 aromatic rings. The molecule has 1 aliphatic rings. The molecule has 1 unspecified atom stereocenters. The minimum atomic E-state index is -1.00. The number of hydrogen-bond acceptors (Lipinski definition) is 3. The van der Waals surface area contributed by atoms with E-state index in [-0.39, 0.29) is 35.5 Å². The van der Waals surface area contributed by atoms with Crippen molar-refractivity contribution < 1.29 is 43.9 Å². The largest absolute Gasteiger partial charge is 1.00 e. The van der Waals surface area contributed by atoms with Crippen molar-refractivity contribution >= 4 is 11.9 Å². The summed E-state index contributed by atoms with van der Waals surface area (Å²) in [7, 11) is 0. The van der Waals surface area contributed by atoms with Gasteiger partial charge in [0.1, 0.15) is 11.3 Å². The zero-order valence-electron chi connectivity index (χ0n) is 14.3. The van der Waals surface area contributed by atoms with Crippen LogP contribution in [0.3, 0.4) is 0 Å². The van der Waals surface area contributed by atoms with Crippen molar-refractivity contribution in [3.8, 4) is 5.75 Å². The second-order valence-electron chi connectivity index (χ2n) is 5.82. The zero-order valence-corrected chi connectivity index (χ0v) is 16.3. The maximum atomic E-state index is 11.9. The minimum absolute atomic E-state index is 0. The predicted molar refractivity (Wildman–Crippen MR) is 84.7 cm³/mol. The van der Waals surface area contributed by atoms with E-state index < -0.39 is 11.6 Å². The number of urea groups is 1. The topological polar surface area (TPSA) is 67.4 Å². The van der Waals surface area contributed by atoms with Gasteiger partial charge in [0.15, 0.2) is 0 Å². The maximum absolute atomic E-state index is 11.9. The second kappa shape index (κ2) is 9.30. The molecule has 1 aromatic carbocycles. The number of nitrogens with one attached hydrogen (secondary N) is 2. The molecule has 23 heavy (non-hydrogen) atoms. The summed E-state index contributed by atoms with van der Waals surface area (Å²) in [4.78, 5) is 23.2. The Morgan fingerprint density at radius 2 is 1.70 bits per heavy atom. The molecule has 0 radical (unpaired) electrons. The van der Waals surface area contributed by atoms with Crippen molar-refractivity contribution in [2.75, 3.05) is 6.61 Å². The van der Waals surface area contributed by atoms with Crippen LogP contribution in [0.25, 0.3) is 0 Å². The van der Waals surface area contributed by atoms with Crippen LogP contribution >= 0.6 is 0 Å². The van der Waals surface area contributed by atoms with Crippen LogP contribution in [0.15, 0.2) is 24.3 Å². The van der Waals surface area contributed by atoms with Crippen LogP contribution in [0.2, 0.25) is 0 Å². The number of amides is 3. The van der Waals surface area contributed by atoms with Gasteiger partial charge in [0.05, 0.1) is 6.61 Å². The Kier molecular flexibility index (Phi) is 8.09. The average molecular weight is 327 g/mol. The Labute approximate surface area is 159 Å². The van der Waals surface area contributed by atoms with Gasteiger partial charge in [-0.15, -0.1) is 0 Å². The van der Waals surface area contributed by atoms with Crippen LogP contribution in [-0.2, 0) is 10.3 Å². The molecule has 1 fully saturated rings. The summed E-state index contributed by atoms with van der Waals surface area (Å²) in [5.41, 5.74) is -0.262. The summed E-state index contributed by atoms with van der Waals surface area (Å²) in [5, 5.41) is 4.91. The smallest absolute Gasteiger partial charge is 0.494 e. The van der Waals surface area contributed by atoms with Crippen molar-refractivity contribution in [1.82, 2.24) is 10.6 Å². The number of imide groups is 1. The fraction of sp³-hybridized carbons (Fsp3) is 0.529. The Balaban J connectivity index is 0.00000264. The molecule has 2 N–H and O–H groups in total. The third-order valence-corrected chi connectivity index (χ3v) is 3.99. The molecule has 0 aromatic heterocycles. The summed E-state index contributed by atoms with van der Waals surface area (Å²) in [6, 6.07) is 6.85. The van der Waals surface area contributed by atoms with Gasteiger partial charge in [-0.05, 0) is 31.0 Å². The monoisotopic (exact) mass is 327 g/mol. The number of benzene rings is 1. The molecule has 0 bridgehead atoms. The third-order valence-electron chi connectivity index (χ3n) is 3.99. The molecule has 1 atom stereocenters. The van der Waals surface area contributed by atoms with E-state index in [0.717, 1.165) is 17.7 Å². The first kappa shape index (κ1) is 20.0. The summed E-state index contributed by atoms with van der Waals surface area (Å²) < 4.78 is 5.70. The number of carbonyl (C=O) groups excluding carboxylic acids is 2. The van der Waals surface area contributed by atoms with E-state index in [1.54, 1.807) is 6.92 Å².